The SMILES string of the molecule is c1ccc(NNc2nc(-c3ccc4c(c3)CCCC4)cs2)cc1. The number of benzene rings is 2. The third-order valence-corrected chi connectivity index (χ3v) is 4.99. The first-order valence-electron chi connectivity index (χ1n) is 8.03. The van der Waals surface area contributed by atoms with Crippen LogP contribution in [0.25, 0.3) is 11.3 Å². The fourth-order valence-corrected chi connectivity index (χ4v) is 3.68. The first kappa shape index (κ1) is 14.3. The largest absolute Gasteiger partial charge is 0.299 e. The van der Waals surface area contributed by atoms with Gasteiger partial charge in [0.15, 0.2) is 0 Å². The molecule has 1 heterocycles. The highest BCUT2D eigenvalue weighted by Crippen LogP contribution is 2.29. The average Bonchev–Trinajstić information content (AvgIpc) is 3.09. The van der Waals surface area contributed by atoms with Crippen molar-refractivity contribution in [3.05, 3.63) is 65.0 Å². The predicted molar refractivity (Wildman–Crippen MR) is 97.9 cm³/mol. The number of rotatable bonds is 4. The van der Waals surface area contributed by atoms with Gasteiger partial charge in [0.25, 0.3) is 0 Å². The molecule has 0 atom stereocenters. The standard InChI is InChI=1S/C19H19N3S/c1-2-8-17(9-3-1)21-22-19-20-18(13-23-19)16-11-10-14-6-4-5-7-15(14)12-16/h1-3,8-13,21H,4-7H2,(H,20,22). The monoisotopic (exact) mass is 321 g/mol. The van der Waals surface area contributed by atoms with Gasteiger partial charge < -0.3 is 0 Å². The zero-order chi connectivity index (χ0) is 15.5. The Hall–Kier alpha value is -2.33. The summed E-state index contributed by atoms with van der Waals surface area (Å²) < 4.78 is 0. The lowest BCUT2D eigenvalue weighted by Gasteiger charge is -2.16. The van der Waals surface area contributed by atoms with Crippen molar-refractivity contribution in [1.82, 2.24) is 4.98 Å². The maximum absolute atomic E-state index is 4.69. The summed E-state index contributed by atoms with van der Waals surface area (Å²) in [6, 6.07) is 16.8. The van der Waals surface area contributed by atoms with Crippen molar-refractivity contribution in [2.45, 2.75) is 25.7 Å². The van der Waals surface area contributed by atoms with Gasteiger partial charge in [-0.25, -0.2) is 4.98 Å². The minimum absolute atomic E-state index is 0.876. The van der Waals surface area contributed by atoms with Crippen LogP contribution in [0.4, 0.5) is 10.8 Å². The number of anilines is 2. The summed E-state index contributed by atoms with van der Waals surface area (Å²) in [4.78, 5) is 4.69. The molecule has 1 aromatic heterocycles. The number of hydrogen-bond acceptors (Lipinski definition) is 4. The van der Waals surface area contributed by atoms with Crippen molar-refractivity contribution in [3.63, 3.8) is 0 Å². The van der Waals surface area contributed by atoms with E-state index in [4.69, 9.17) is 0 Å². The molecule has 0 radical (unpaired) electrons. The Morgan fingerprint density at radius 2 is 1.70 bits per heavy atom. The Morgan fingerprint density at radius 1 is 0.870 bits per heavy atom. The summed E-state index contributed by atoms with van der Waals surface area (Å²) >= 11 is 1.62. The van der Waals surface area contributed by atoms with Gasteiger partial charge in [-0.15, -0.1) is 11.3 Å². The van der Waals surface area contributed by atoms with Crippen LogP contribution in [0, 0.1) is 0 Å². The second kappa shape index (κ2) is 6.42. The van der Waals surface area contributed by atoms with E-state index in [0.29, 0.717) is 0 Å². The van der Waals surface area contributed by atoms with Crippen LogP contribution in [0.2, 0.25) is 0 Å². The average molecular weight is 321 g/mol. The minimum Gasteiger partial charge on any atom is -0.299 e. The van der Waals surface area contributed by atoms with Gasteiger partial charge in [0.2, 0.25) is 5.13 Å². The van der Waals surface area contributed by atoms with E-state index in [-0.39, 0.29) is 0 Å². The van der Waals surface area contributed by atoms with Crippen LogP contribution in [-0.4, -0.2) is 4.98 Å². The smallest absolute Gasteiger partial charge is 0.202 e. The van der Waals surface area contributed by atoms with Gasteiger partial charge in [0.05, 0.1) is 11.4 Å². The van der Waals surface area contributed by atoms with Crippen LogP contribution in [0.5, 0.6) is 0 Å². The van der Waals surface area contributed by atoms with E-state index in [9.17, 15) is 0 Å². The van der Waals surface area contributed by atoms with E-state index in [0.717, 1.165) is 16.5 Å². The number of aryl methyl sites for hydroxylation is 2. The van der Waals surface area contributed by atoms with Gasteiger partial charge in [-0.3, -0.25) is 10.9 Å². The number of thiazole rings is 1. The molecule has 0 aliphatic heterocycles. The van der Waals surface area contributed by atoms with Gasteiger partial charge in [0.1, 0.15) is 0 Å². The Morgan fingerprint density at radius 3 is 2.57 bits per heavy atom. The van der Waals surface area contributed by atoms with E-state index >= 15 is 0 Å². The summed E-state index contributed by atoms with van der Waals surface area (Å²) in [5, 5.41) is 2.99. The highest BCUT2D eigenvalue weighted by molar-refractivity contribution is 7.14. The van der Waals surface area contributed by atoms with Crippen LogP contribution < -0.4 is 10.9 Å². The molecule has 2 aromatic carbocycles. The topological polar surface area (TPSA) is 37.0 Å². The number of hydrogen-bond donors (Lipinski definition) is 2. The van der Waals surface area contributed by atoms with Crippen LogP contribution in [0.15, 0.2) is 53.9 Å². The normalized spacial score (nSPS) is 13.4. The molecule has 0 bridgehead atoms. The summed E-state index contributed by atoms with van der Waals surface area (Å²) in [5.41, 5.74) is 12.6. The van der Waals surface area contributed by atoms with Gasteiger partial charge in [0, 0.05) is 10.9 Å². The first-order valence-corrected chi connectivity index (χ1v) is 8.91. The van der Waals surface area contributed by atoms with Crippen LogP contribution in [0.3, 0.4) is 0 Å². The molecule has 0 saturated heterocycles. The molecule has 0 unspecified atom stereocenters. The number of aromatic nitrogens is 1. The molecule has 0 spiro atoms. The third-order valence-electron chi connectivity index (χ3n) is 4.24. The molecule has 0 saturated carbocycles. The van der Waals surface area contributed by atoms with E-state index in [2.05, 4.69) is 39.4 Å². The fraction of sp³-hybridized carbons (Fsp3) is 0.211. The van der Waals surface area contributed by atoms with E-state index in [1.54, 1.807) is 11.3 Å². The van der Waals surface area contributed by atoms with Crippen molar-refractivity contribution in [1.29, 1.82) is 0 Å². The molecule has 116 valence electrons. The van der Waals surface area contributed by atoms with Crippen molar-refractivity contribution >= 4 is 22.2 Å². The van der Waals surface area contributed by atoms with Crippen molar-refractivity contribution < 1.29 is 0 Å². The molecule has 0 fully saturated rings. The quantitative estimate of drug-likeness (QED) is 0.654. The minimum atomic E-state index is 0.876. The number of hydrazine groups is 1. The zero-order valence-corrected chi connectivity index (χ0v) is 13.7. The third kappa shape index (κ3) is 3.22. The maximum Gasteiger partial charge on any atom is 0.202 e. The Labute approximate surface area is 140 Å². The van der Waals surface area contributed by atoms with Crippen LogP contribution in [-0.2, 0) is 12.8 Å². The lowest BCUT2D eigenvalue weighted by atomic mass is 9.90. The van der Waals surface area contributed by atoms with Gasteiger partial charge in [-0.1, -0.05) is 30.3 Å². The maximum atomic E-state index is 4.69. The number of fused-ring (bicyclic) bond motifs is 1. The second-order valence-corrected chi connectivity index (χ2v) is 6.70. The molecule has 3 aromatic rings. The highest BCUT2D eigenvalue weighted by atomic mass is 32.1. The predicted octanol–water partition coefficient (Wildman–Crippen LogP) is 5.13. The fourth-order valence-electron chi connectivity index (χ4n) is 3.00. The summed E-state index contributed by atoms with van der Waals surface area (Å²) in [5.74, 6) is 0. The molecule has 2 N–H and O–H groups in total. The number of nitrogens with zero attached hydrogens (tertiary/aromatic N) is 1. The lowest BCUT2D eigenvalue weighted by Crippen LogP contribution is -2.07. The molecule has 4 rings (SSSR count). The Kier molecular flexibility index (Phi) is 3.99. The molecule has 0 amide bonds. The molecule has 3 nitrogen and oxygen atoms in total. The number of nitrogens with one attached hydrogen (secondary N) is 2. The summed E-state index contributed by atoms with van der Waals surface area (Å²) in [6.07, 6.45) is 5.05. The summed E-state index contributed by atoms with van der Waals surface area (Å²) in [7, 11) is 0. The number of para-hydroxylation sites is 1. The Balaban J connectivity index is 1.49. The molecule has 1 aliphatic carbocycles. The summed E-state index contributed by atoms with van der Waals surface area (Å²) in [6.45, 7) is 0. The molecule has 1 aliphatic rings. The van der Waals surface area contributed by atoms with Crippen LogP contribution in [0.1, 0.15) is 24.0 Å². The molecule has 23 heavy (non-hydrogen) atoms. The van der Waals surface area contributed by atoms with Gasteiger partial charge in [-0.2, -0.15) is 0 Å². The molecular weight excluding hydrogens is 302 g/mol. The van der Waals surface area contributed by atoms with Crippen molar-refractivity contribution in [2.24, 2.45) is 0 Å². The second-order valence-electron chi connectivity index (χ2n) is 5.84. The first-order chi connectivity index (χ1) is 11.4. The van der Waals surface area contributed by atoms with Gasteiger partial charge in [-0.05, 0) is 55.0 Å². The van der Waals surface area contributed by atoms with Crippen molar-refractivity contribution in [3.8, 4) is 11.3 Å². The zero-order valence-electron chi connectivity index (χ0n) is 12.9. The van der Waals surface area contributed by atoms with E-state index in [1.165, 1.54) is 42.4 Å². The Bertz CT molecular complexity index is 795. The van der Waals surface area contributed by atoms with Gasteiger partial charge >= 0.3 is 0 Å². The molecule has 4 heteroatoms. The van der Waals surface area contributed by atoms with Crippen molar-refractivity contribution in [2.75, 3.05) is 10.9 Å². The van der Waals surface area contributed by atoms with E-state index in [1.807, 2.05) is 30.3 Å². The molecular formula is C19H19N3S. The van der Waals surface area contributed by atoms with E-state index < -0.39 is 0 Å². The lowest BCUT2D eigenvalue weighted by molar-refractivity contribution is 0.686. The van der Waals surface area contributed by atoms with Crippen LogP contribution >= 0.6 is 11.3 Å². The highest BCUT2D eigenvalue weighted by Gasteiger charge is 2.11.